The molecule has 0 aliphatic carbocycles. The first kappa shape index (κ1) is 21.9. The second-order valence-electron chi connectivity index (χ2n) is 4.72. The summed E-state index contributed by atoms with van der Waals surface area (Å²) in [5, 5.41) is 17.3. The zero-order valence-electron chi connectivity index (χ0n) is 14.8. The average molecular weight is 397 g/mol. The van der Waals surface area contributed by atoms with Crippen molar-refractivity contribution < 1.29 is 82.0 Å². The maximum atomic E-state index is 12.3. The number of rotatable bonds is 7. The predicted octanol–water partition coefficient (Wildman–Crippen LogP) is -4.08. The number of aliphatic carboxylic acids is 1. The second kappa shape index (κ2) is 9.56. The Morgan fingerprint density at radius 1 is 1.60 bits per heavy atom. The molecule has 1 saturated heterocycles. The Bertz CT molecular complexity index is 701. The van der Waals surface area contributed by atoms with E-state index in [2.05, 4.69) is 20.3 Å². The number of carboxylic acids is 1. The van der Waals surface area contributed by atoms with Gasteiger partial charge in [-0.05, 0) is 6.92 Å². The molecule has 2 atom stereocenters. The van der Waals surface area contributed by atoms with Crippen molar-refractivity contribution >= 4 is 40.0 Å². The van der Waals surface area contributed by atoms with Crippen LogP contribution in [0.1, 0.15) is 14.0 Å². The van der Waals surface area contributed by atoms with Gasteiger partial charge in [0.1, 0.15) is 18.8 Å². The van der Waals surface area contributed by atoms with E-state index in [1.165, 1.54) is 12.5 Å². The van der Waals surface area contributed by atoms with E-state index in [-0.39, 0.29) is 69.3 Å². The Hall–Kier alpha value is -1.09. The summed E-state index contributed by atoms with van der Waals surface area (Å²) in [5.74, 6) is -2.45. The van der Waals surface area contributed by atoms with Crippen molar-refractivity contribution in [3.63, 3.8) is 0 Å². The minimum atomic E-state index is -1.21. The van der Waals surface area contributed by atoms with Crippen LogP contribution in [-0.4, -0.2) is 64.4 Å². The Morgan fingerprint density at radius 3 is 2.76 bits per heavy atom. The van der Waals surface area contributed by atoms with Gasteiger partial charge in [0.2, 0.25) is 0 Å². The first-order valence-electron chi connectivity index (χ1n) is 6.66. The third-order valence-electron chi connectivity index (χ3n) is 3.11. The summed E-state index contributed by atoms with van der Waals surface area (Å²) in [7, 11) is 1.27. The molecule has 0 aromatic carbocycles. The van der Waals surface area contributed by atoms with E-state index in [4.69, 9.17) is 15.7 Å². The number of carboxylic acid groups (broad SMARTS) is 1. The van der Waals surface area contributed by atoms with Crippen molar-refractivity contribution in [2.75, 3.05) is 19.5 Å². The maximum Gasteiger partial charge on any atom is 1.00 e. The average Bonchev–Trinajstić information content (AvgIpc) is 2.96. The molecule has 0 radical (unpaired) electrons. The van der Waals surface area contributed by atoms with Crippen LogP contribution in [-0.2, 0) is 24.1 Å². The minimum Gasteiger partial charge on any atom is -1.00 e. The third-order valence-corrected chi connectivity index (χ3v) is 3.79. The van der Waals surface area contributed by atoms with E-state index < -0.39 is 36.5 Å². The SMILES string of the molecule is CO/N=C(\C(=O)N[C@@H]1C(=O)N(OCC(=O)O)[C@H]1C)c1csc(N)n1.[H-].[K+]. The first-order chi connectivity index (χ1) is 11.3. The van der Waals surface area contributed by atoms with Crippen LogP contribution in [0.25, 0.3) is 0 Å². The molecule has 25 heavy (non-hydrogen) atoms. The van der Waals surface area contributed by atoms with Gasteiger partial charge < -0.3 is 22.4 Å². The Labute approximate surface area is 190 Å². The molecule has 1 aromatic rings. The first-order valence-corrected chi connectivity index (χ1v) is 7.54. The van der Waals surface area contributed by atoms with E-state index in [0.29, 0.717) is 0 Å². The number of amides is 2. The number of hydroxylamine groups is 2. The van der Waals surface area contributed by atoms with Gasteiger partial charge in [0.05, 0.1) is 6.04 Å². The summed E-state index contributed by atoms with van der Waals surface area (Å²) >= 11 is 1.12. The molecule has 4 N–H and O–H groups in total. The monoisotopic (exact) mass is 397 g/mol. The second-order valence-corrected chi connectivity index (χ2v) is 5.61. The van der Waals surface area contributed by atoms with Gasteiger partial charge in [-0.25, -0.2) is 14.8 Å². The van der Waals surface area contributed by atoms with Gasteiger partial charge in [-0.3, -0.25) is 14.4 Å². The molecule has 0 bridgehead atoms. The molecule has 0 spiro atoms. The number of hydrogen-bond donors (Lipinski definition) is 3. The number of nitrogens with two attached hydrogens (primary N) is 1. The zero-order chi connectivity index (χ0) is 17.9. The van der Waals surface area contributed by atoms with Crippen LogP contribution in [0.5, 0.6) is 0 Å². The number of nitrogens with zero attached hydrogens (tertiary/aromatic N) is 3. The molecule has 0 unspecified atom stereocenters. The van der Waals surface area contributed by atoms with Crippen molar-refractivity contribution in [3.8, 4) is 0 Å². The number of carbonyl (C=O) groups excluding carboxylic acids is 2. The van der Waals surface area contributed by atoms with Crippen molar-refractivity contribution in [2.24, 2.45) is 5.16 Å². The molecule has 132 valence electrons. The predicted molar refractivity (Wildman–Crippen MR) is 83.0 cm³/mol. The Balaban J connectivity index is 0.00000312. The number of aromatic nitrogens is 1. The number of anilines is 1. The molecule has 2 heterocycles. The van der Waals surface area contributed by atoms with Gasteiger partial charge in [-0.2, -0.15) is 0 Å². The molecule has 1 aliphatic heterocycles. The molecule has 1 aromatic heterocycles. The zero-order valence-corrected chi connectivity index (χ0v) is 17.7. The van der Waals surface area contributed by atoms with E-state index in [0.717, 1.165) is 16.4 Å². The van der Waals surface area contributed by atoms with Crippen LogP contribution in [0.2, 0.25) is 0 Å². The Morgan fingerprint density at radius 2 is 2.28 bits per heavy atom. The third kappa shape index (κ3) is 5.19. The van der Waals surface area contributed by atoms with Crippen LogP contribution in [0, 0.1) is 0 Å². The summed E-state index contributed by atoms with van der Waals surface area (Å²) < 4.78 is 0. The fourth-order valence-electron chi connectivity index (χ4n) is 1.99. The maximum absolute atomic E-state index is 12.3. The van der Waals surface area contributed by atoms with E-state index in [1.807, 2.05) is 0 Å². The fraction of sp³-hybridized carbons (Fsp3) is 0.417. The topological polar surface area (TPSA) is 156 Å². The van der Waals surface area contributed by atoms with Crippen LogP contribution in [0.3, 0.4) is 0 Å². The summed E-state index contributed by atoms with van der Waals surface area (Å²) in [5.41, 5.74) is 5.61. The van der Waals surface area contributed by atoms with Crippen molar-refractivity contribution in [1.29, 1.82) is 0 Å². The van der Waals surface area contributed by atoms with E-state index >= 15 is 0 Å². The van der Waals surface area contributed by atoms with Gasteiger partial charge in [-0.1, -0.05) is 5.16 Å². The van der Waals surface area contributed by atoms with Gasteiger partial charge in [0.15, 0.2) is 17.5 Å². The molecule has 2 rings (SSSR count). The van der Waals surface area contributed by atoms with Gasteiger partial charge in [-0.15, -0.1) is 11.3 Å². The van der Waals surface area contributed by atoms with Gasteiger partial charge in [0.25, 0.3) is 11.8 Å². The van der Waals surface area contributed by atoms with Crippen molar-refractivity contribution in [1.82, 2.24) is 15.4 Å². The van der Waals surface area contributed by atoms with Crippen molar-refractivity contribution in [2.45, 2.75) is 19.0 Å². The molecule has 2 amide bonds. The molecule has 1 aliphatic rings. The van der Waals surface area contributed by atoms with Crippen LogP contribution in [0.4, 0.5) is 5.13 Å². The smallest absolute Gasteiger partial charge is 1.00 e. The van der Waals surface area contributed by atoms with Crippen LogP contribution in [0.15, 0.2) is 10.5 Å². The fourth-order valence-corrected chi connectivity index (χ4v) is 2.54. The summed E-state index contributed by atoms with van der Waals surface area (Å²) in [6.07, 6.45) is 0. The molecule has 13 heteroatoms. The molecule has 1 fully saturated rings. The van der Waals surface area contributed by atoms with Gasteiger partial charge >= 0.3 is 57.4 Å². The number of oxime groups is 1. The number of carbonyl (C=O) groups is 3. The van der Waals surface area contributed by atoms with Gasteiger partial charge in [0, 0.05) is 5.38 Å². The molecule has 0 saturated carbocycles. The molecule has 11 nitrogen and oxygen atoms in total. The number of thiazole rings is 1. The van der Waals surface area contributed by atoms with Crippen LogP contribution >= 0.6 is 11.3 Å². The number of β-lactam (4-membered cyclic amide) rings is 1. The number of hydrogen-bond acceptors (Lipinski definition) is 9. The van der Waals surface area contributed by atoms with E-state index in [1.54, 1.807) is 6.92 Å². The Kier molecular flexibility index (Phi) is 8.39. The number of nitrogen functional groups attached to an aromatic ring is 1. The van der Waals surface area contributed by atoms with Crippen molar-refractivity contribution in [3.05, 3.63) is 11.1 Å². The standard InChI is InChI=1S/C12H15N5O6S.K.H/c1-5-8(11(21)17(5)23-3-7(18)19)15-10(20)9(16-22-2)6-4-24-12(13)14-6;;/h4-5,8H,3H2,1-2H3,(H2,13,14)(H,15,20)(H,18,19);;/q;+1;-1/b16-9-;;/t5-,8-;;/m0../s1. The summed E-state index contributed by atoms with van der Waals surface area (Å²) in [4.78, 5) is 48.1. The minimum absolute atomic E-state index is 0. The normalized spacial score (nSPS) is 19.7. The molecular formula is C12H16KN5O6S. The van der Waals surface area contributed by atoms with Crippen LogP contribution < -0.4 is 62.4 Å². The quantitative estimate of drug-likeness (QED) is 0.181. The molecular weight excluding hydrogens is 381 g/mol. The van der Waals surface area contributed by atoms with E-state index in [9.17, 15) is 14.4 Å². The summed E-state index contributed by atoms with van der Waals surface area (Å²) in [6, 6.07) is -1.41. The summed E-state index contributed by atoms with van der Waals surface area (Å²) in [6.45, 7) is 0.952. The number of nitrogens with one attached hydrogen (secondary N) is 1. The largest absolute Gasteiger partial charge is 1.00 e.